The molecule has 2 rings (SSSR count). The Hall–Kier alpha value is -1.11. The summed E-state index contributed by atoms with van der Waals surface area (Å²) < 4.78 is 28.7. The topological polar surface area (TPSA) is 75.6 Å². The molecular formula is C14H21NO4S. The number of sulfone groups is 1. The van der Waals surface area contributed by atoms with Crippen molar-refractivity contribution in [2.24, 2.45) is 0 Å². The first-order chi connectivity index (χ1) is 9.58. The minimum atomic E-state index is -2.92. The highest BCUT2D eigenvalue weighted by Crippen LogP contribution is 2.18. The van der Waals surface area contributed by atoms with Crippen LogP contribution in [0.2, 0.25) is 0 Å². The van der Waals surface area contributed by atoms with Crippen LogP contribution in [0.25, 0.3) is 0 Å². The zero-order valence-electron chi connectivity index (χ0n) is 11.4. The highest BCUT2D eigenvalue weighted by molar-refractivity contribution is 7.92. The molecule has 1 fully saturated rings. The monoisotopic (exact) mass is 299 g/mol. The molecule has 0 spiro atoms. The lowest BCUT2D eigenvalue weighted by molar-refractivity contribution is 0.106. The van der Waals surface area contributed by atoms with Crippen LogP contribution in [0.4, 0.5) is 0 Å². The maximum absolute atomic E-state index is 11.6. The van der Waals surface area contributed by atoms with Crippen LogP contribution in [-0.4, -0.2) is 50.3 Å². The zero-order chi connectivity index (χ0) is 14.4. The quantitative estimate of drug-likeness (QED) is 0.771. The van der Waals surface area contributed by atoms with Crippen molar-refractivity contribution < 1.29 is 18.3 Å². The number of ether oxygens (including phenoxy) is 1. The maximum Gasteiger partial charge on any atom is 0.154 e. The van der Waals surface area contributed by atoms with Gasteiger partial charge in [-0.2, -0.15) is 0 Å². The van der Waals surface area contributed by atoms with E-state index in [0.29, 0.717) is 31.0 Å². The summed E-state index contributed by atoms with van der Waals surface area (Å²) in [4.78, 5) is 0. The average molecular weight is 299 g/mol. The van der Waals surface area contributed by atoms with Gasteiger partial charge in [0.05, 0.1) is 11.0 Å². The van der Waals surface area contributed by atoms with Crippen molar-refractivity contribution in [2.75, 3.05) is 25.4 Å². The highest BCUT2D eigenvalue weighted by Gasteiger charge is 2.30. The SMILES string of the molecule is O=S1(=O)CCCC1CNCC(O)COc1ccccc1. The van der Waals surface area contributed by atoms with E-state index < -0.39 is 15.9 Å². The van der Waals surface area contributed by atoms with Gasteiger partial charge in [0.25, 0.3) is 0 Å². The third kappa shape index (κ3) is 4.47. The third-order valence-electron chi connectivity index (χ3n) is 3.40. The van der Waals surface area contributed by atoms with Crippen LogP contribution in [0.3, 0.4) is 0 Å². The fourth-order valence-corrected chi connectivity index (χ4v) is 4.07. The Morgan fingerprint density at radius 1 is 1.35 bits per heavy atom. The summed E-state index contributed by atoms with van der Waals surface area (Å²) >= 11 is 0. The second-order valence-electron chi connectivity index (χ2n) is 5.07. The van der Waals surface area contributed by atoms with Crippen LogP contribution in [-0.2, 0) is 9.84 Å². The molecule has 112 valence electrons. The van der Waals surface area contributed by atoms with Crippen molar-refractivity contribution in [1.29, 1.82) is 0 Å². The minimum Gasteiger partial charge on any atom is -0.491 e. The molecule has 1 heterocycles. The van der Waals surface area contributed by atoms with E-state index in [-0.39, 0.29) is 11.9 Å². The van der Waals surface area contributed by atoms with Crippen LogP contribution in [0.15, 0.2) is 30.3 Å². The predicted molar refractivity (Wildman–Crippen MR) is 77.6 cm³/mol. The Labute approximate surface area is 119 Å². The van der Waals surface area contributed by atoms with E-state index in [1.165, 1.54) is 0 Å². The summed E-state index contributed by atoms with van der Waals surface area (Å²) in [6.45, 7) is 0.929. The first-order valence-electron chi connectivity index (χ1n) is 6.86. The molecule has 0 bridgehead atoms. The standard InChI is InChI=1S/C14H21NO4S/c16-12(11-19-13-5-2-1-3-6-13)9-15-10-14-7-4-8-20(14,17)18/h1-3,5-6,12,14-16H,4,7-11H2. The number of hydrogen-bond acceptors (Lipinski definition) is 5. The van der Waals surface area contributed by atoms with E-state index in [9.17, 15) is 13.5 Å². The smallest absolute Gasteiger partial charge is 0.154 e. The van der Waals surface area contributed by atoms with Gasteiger partial charge in [0.1, 0.15) is 18.5 Å². The Bertz CT molecular complexity index is 503. The van der Waals surface area contributed by atoms with E-state index >= 15 is 0 Å². The fraction of sp³-hybridized carbons (Fsp3) is 0.571. The molecule has 1 saturated heterocycles. The van der Waals surface area contributed by atoms with Crippen molar-refractivity contribution in [3.05, 3.63) is 30.3 Å². The van der Waals surface area contributed by atoms with Gasteiger partial charge in [-0.25, -0.2) is 8.42 Å². The molecule has 20 heavy (non-hydrogen) atoms. The van der Waals surface area contributed by atoms with Crippen molar-refractivity contribution in [1.82, 2.24) is 5.32 Å². The molecule has 0 aromatic heterocycles. The van der Waals surface area contributed by atoms with Gasteiger partial charge in [-0.15, -0.1) is 0 Å². The van der Waals surface area contributed by atoms with Gasteiger partial charge in [-0.05, 0) is 25.0 Å². The fourth-order valence-electron chi connectivity index (χ4n) is 2.27. The van der Waals surface area contributed by atoms with Gasteiger partial charge in [-0.3, -0.25) is 0 Å². The number of aliphatic hydroxyl groups excluding tert-OH is 1. The van der Waals surface area contributed by atoms with Crippen LogP contribution < -0.4 is 10.1 Å². The van der Waals surface area contributed by atoms with Crippen LogP contribution in [0.1, 0.15) is 12.8 Å². The van der Waals surface area contributed by atoms with Gasteiger partial charge < -0.3 is 15.2 Å². The van der Waals surface area contributed by atoms with Crippen molar-refractivity contribution in [3.63, 3.8) is 0 Å². The molecule has 5 nitrogen and oxygen atoms in total. The Morgan fingerprint density at radius 3 is 2.75 bits per heavy atom. The Kier molecular flexibility index (Phi) is 5.39. The lowest BCUT2D eigenvalue weighted by atomic mass is 10.2. The first-order valence-corrected chi connectivity index (χ1v) is 8.57. The molecule has 0 radical (unpaired) electrons. The third-order valence-corrected chi connectivity index (χ3v) is 5.68. The number of aliphatic hydroxyl groups is 1. The predicted octanol–water partition coefficient (Wildman–Crippen LogP) is 0.593. The molecule has 2 N–H and O–H groups in total. The number of para-hydroxylation sites is 1. The lowest BCUT2D eigenvalue weighted by Crippen LogP contribution is -2.37. The number of benzene rings is 1. The number of nitrogens with one attached hydrogen (secondary N) is 1. The molecule has 1 aromatic rings. The van der Waals surface area contributed by atoms with E-state index in [2.05, 4.69) is 5.32 Å². The number of hydrogen-bond donors (Lipinski definition) is 2. The van der Waals surface area contributed by atoms with Gasteiger partial charge in [-0.1, -0.05) is 18.2 Å². The second-order valence-corrected chi connectivity index (χ2v) is 7.47. The molecule has 0 amide bonds. The maximum atomic E-state index is 11.6. The summed E-state index contributed by atoms with van der Waals surface area (Å²) in [5, 5.41) is 12.5. The summed E-state index contributed by atoms with van der Waals surface area (Å²) in [5.74, 6) is 1.00. The van der Waals surface area contributed by atoms with E-state index in [0.717, 1.165) is 6.42 Å². The minimum absolute atomic E-state index is 0.189. The molecular weight excluding hydrogens is 278 g/mol. The summed E-state index contributed by atoms with van der Waals surface area (Å²) in [7, 11) is -2.92. The van der Waals surface area contributed by atoms with Crippen molar-refractivity contribution >= 4 is 9.84 Å². The lowest BCUT2D eigenvalue weighted by Gasteiger charge is -2.15. The Balaban J connectivity index is 1.64. The van der Waals surface area contributed by atoms with Gasteiger partial charge >= 0.3 is 0 Å². The molecule has 1 aliphatic rings. The normalized spacial score (nSPS) is 22.6. The summed E-state index contributed by atoms with van der Waals surface area (Å²) in [6.07, 6.45) is 0.805. The van der Waals surface area contributed by atoms with Gasteiger partial charge in [0, 0.05) is 13.1 Å². The molecule has 0 saturated carbocycles. The highest BCUT2D eigenvalue weighted by atomic mass is 32.2. The molecule has 2 unspecified atom stereocenters. The van der Waals surface area contributed by atoms with Crippen molar-refractivity contribution in [3.8, 4) is 5.75 Å². The van der Waals surface area contributed by atoms with E-state index in [1.54, 1.807) is 0 Å². The average Bonchev–Trinajstić information content (AvgIpc) is 2.77. The van der Waals surface area contributed by atoms with Gasteiger partial charge in [0.15, 0.2) is 9.84 Å². The molecule has 1 aliphatic heterocycles. The molecule has 2 atom stereocenters. The molecule has 6 heteroatoms. The van der Waals surface area contributed by atoms with Crippen molar-refractivity contribution in [2.45, 2.75) is 24.2 Å². The Morgan fingerprint density at radius 2 is 2.10 bits per heavy atom. The second kappa shape index (κ2) is 7.06. The molecule has 0 aliphatic carbocycles. The van der Waals surface area contributed by atoms with Gasteiger partial charge in [0.2, 0.25) is 0 Å². The van der Waals surface area contributed by atoms with Crippen LogP contribution in [0.5, 0.6) is 5.75 Å². The number of rotatable bonds is 7. The summed E-state index contributed by atoms with van der Waals surface area (Å²) in [5.41, 5.74) is 0. The van der Waals surface area contributed by atoms with E-state index in [1.807, 2.05) is 30.3 Å². The summed E-state index contributed by atoms with van der Waals surface area (Å²) in [6, 6.07) is 9.28. The van der Waals surface area contributed by atoms with E-state index in [4.69, 9.17) is 4.74 Å². The largest absolute Gasteiger partial charge is 0.491 e. The van der Waals surface area contributed by atoms with Crippen LogP contribution >= 0.6 is 0 Å². The zero-order valence-corrected chi connectivity index (χ0v) is 12.2. The molecule has 1 aromatic carbocycles. The first kappa shape index (κ1) is 15.3. The van der Waals surface area contributed by atoms with Crippen LogP contribution in [0, 0.1) is 0 Å².